The highest BCUT2D eigenvalue weighted by Gasteiger charge is 2.47. The van der Waals surface area contributed by atoms with E-state index in [-0.39, 0.29) is 33.8 Å². The third-order valence-electron chi connectivity index (χ3n) is 5.08. The number of ether oxygens (including phenoxy) is 2. The Balaban J connectivity index is 1.68. The van der Waals surface area contributed by atoms with Gasteiger partial charge in [-0.25, -0.2) is 4.79 Å². The molecule has 1 aromatic heterocycles. The molecule has 0 radical (unpaired) electrons. The lowest BCUT2D eigenvalue weighted by Crippen LogP contribution is -2.60. The molecule has 0 spiro atoms. The largest absolute Gasteiger partial charge is 0.507 e. The van der Waals surface area contributed by atoms with Crippen molar-refractivity contribution in [3.05, 3.63) is 46.6 Å². The first kappa shape index (κ1) is 22.5. The normalized spacial score (nSPS) is 25.2. The van der Waals surface area contributed by atoms with E-state index in [2.05, 4.69) is 0 Å². The minimum Gasteiger partial charge on any atom is -0.507 e. The third kappa shape index (κ3) is 4.08. The zero-order valence-corrected chi connectivity index (χ0v) is 16.5. The van der Waals surface area contributed by atoms with Crippen molar-refractivity contribution in [1.82, 2.24) is 0 Å². The van der Waals surface area contributed by atoms with Gasteiger partial charge in [-0.15, -0.1) is 0 Å². The lowest BCUT2D eigenvalue weighted by Gasteiger charge is -2.36. The Morgan fingerprint density at radius 3 is 2.27 bits per heavy atom. The van der Waals surface area contributed by atoms with Gasteiger partial charge in [-0.2, -0.15) is 0 Å². The van der Waals surface area contributed by atoms with E-state index in [1.807, 2.05) is 0 Å². The van der Waals surface area contributed by atoms with Crippen molar-refractivity contribution in [3.8, 4) is 34.3 Å². The summed E-state index contributed by atoms with van der Waals surface area (Å²) in [6, 6.07) is 6.78. The molecular weight excluding hydrogens is 444 g/mol. The monoisotopic (exact) mass is 462 g/mol. The van der Waals surface area contributed by atoms with Crippen LogP contribution in [0.25, 0.3) is 22.3 Å². The Hall–Kier alpha value is -3.68. The summed E-state index contributed by atoms with van der Waals surface area (Å²) >= 11 is 0. The molecule has 0 bridgehead atoms. The fourth-order valence-corrected chi connectivity index (χ4v) is 3.35. The summed E-state index contributed by atoms with van der Waals surface area (Å²) in [6.07, 6.45) is -9.49. The predicted octanol–water partition coefficient (Wildman–Crippen LogP) is -0.718. The summed E-state index contributed by atoms with van der Waals surface area (Å²) in [4.78, 5) is 24.9. The molecule has 7 N–H and O–H groups in total. The Kier molecular flexibility index (Phi) is 5.69. The first-order valence-corrected chi connectivity index (χ1v) is 9.49. The number of fused-ring (bicyclic) bond motifs is 1. The van der Waals surface area contributed by atoms with Crippen LogP contribution in [0.5, 0.6) is 23.0 Å². The van der Waals surface area contributed by atoms with Gasteiger partial charge >= 0.3 is 5.97 Å². The van der Waals surface area contributed by atoms with E-state index in [9.17, 15) is 45.3 Å². The number of benzene rings is 2. The molecule has 0 amide bonds. The quantitative estimate of drug-likeness (QED) is 0.146. The minimum atomic E-state index is -1.96. The first-order valence-electron chi connectivity index (χ1n) is 9.49. The zero-order chi connectivity index (χ0) is 24.0. The summed E-state index contributed by atoms with van der Waals surface area (Å²) in [5.74, 6) is -3.07. The Bertz CT molecular complexity index is 1280. The van der Waals surface area contributed by atoms with Crippen LogP contribution in [0.15, 0.2) is 45.6 Å². The Morgan fingerprint density at radius 2 is 1.58 bits per heavy atom. The van der Waals surface area contributed by atoms with Crippen molar-refractivity contribution in [2.24, 2.45) is 0 Å². The number of esters is 1. The molecule has 174 valence electrons. The molecule has 33 heavy (non-hydrogen) atoms. The fraction of sp³-hybridized carbons (Fsp3) is 0.238. The molecule has 0 aliphatic carbocycles. The molecule has 3 aromatic rings. The third-order valence-corrected chi connectivity index (χ3v) is 5.08. The molecule has 1 fully saturated rings. The smallest absolute Gasteiger partial charge is 0.343 e. The second kappa shape index (κ2) is 8.35. The van der Waals surface area contributed by atoms with Crippen molar-refractivity contribution in [2.45, 2.75) is 30.7 Å². The van der Waals surface area contributed by atoms with Crippen LogP contribution < -0.4 is 10.2 Å². The number of phenolic OH excluding ortho intramolecular Hbond substituents is 3. The number of carbonyl (C=O) groups excluding carboxylic acids is 1. The average molecular weight is 462 g/mol. The molecule has 1 aliphatic heterocycles. The molecule has 1 aliphatic rings. The molecule has 2 aromatic carbocycles. The summed E-state index contributed by atoms with van der Waals surface area (Å²) in [6.45, 7) is 0. The van der Waals surface area contributed by atoms with Gasteiger partial charge in [0.25, 0.3) is 0 Å². The van der Waals surface area contributed by atoms with Crippen LogP contribution in [0.2, 0.25) is 0 Å². The van der Waals surface area contributed by atoms with Gasteiger partial charge in [-0.1, -0.05) is 0 Å². The lowest BCUT2D eigenvalue weighted by molar-refractivity contribution is -0.279. The molecular formula is C21H18O12. The molecule has 4 rings (SSSR count). The number of hydrogen-bond acceptors (Lipinski definition) is 12. The van der Waals surface area contributed by atoms with Crippen LogP contribution in [0.3, 0.4) is 0 Å². The van der Waals surface area contributed by atoms with Crippen LogP contribution in [0.4, 0.5) is 0 Å². The highest BCUT2D eigenvalue weighted by Crippen LogP contribution is 2.34. The van der Waals surface area contributed by atoms with Crippen LogP contribution >= 0.6 is 0 Å². The molecule has 5 atom stereocenters. The Labute approximate surface area is 183 Å². The van der Waals surface area contributed by atoms with Crippen LogP contribution in [-0.4, -0.2) is 72.4 Å². The van der Waals surface area contributed by atoms with Gasteiger partial charge in [0.15, 0.2) is 29.3 Å². The van der Waals surface area contributed by atoms with E-state index < -0.39 is 53.6 Å². The molecule has 0 saturated carbocycles. The maximum absolute atomic E-state index is 12.5. The van der Waals surface area contributed by atoms with Gasteiger partial charge in [0, 0.05) is 23.8 Å². The second-order valence-electron chi connectivity index (χ2n) is 7.33. The van der Waals surface area contributed by atoms with Crippen LogP contribution in [-0.2, 0) is 9.53 Å². The van der Waals surface area contributed by atoms with Crippen molar-refractivity contribution in [3.63, 3.8) is 0 Å². The van der Waals surface area contributed by atoms with Gasteiger partial charge < -0.3 is 49.6 Å². The number of carbonyl (C=O) groups is 1. The topological polar surface area (TPSA) is 207 Å². The Morgan fingerprint density at radius 1 is 0.848 bits per heavy atom. The second-order valence-corrected chi connectivity index (χ2v) is 7.33. The van der Waals surface area contributed by atoms with Crippen molar-refractivity contribution >= 4 is 16.9 Å². The summed E-state index contributed by atoms with van der Waals surface area (Å²) in [5.41, 5.74) is -0.625. The zero-order valence-electron chi connectivity index (χ0n) is 16.5. The predicted molar refractivity (Wildman–Crippen MR) is 107 cm³/mol. The highest BCUT2D eigenvalue weighted by atomic mass is 16.7. The van der Waals surface area contributed by atoms with E-state index in [1.54, 1.807) is 0 Å². The number of aromatic hydroxyl groups is 3. The number of phenols is 3. The molecule has 1 saturated heterocycles. The van der Waals surface area contributed by atoms with E-state index in [1.165, 1.54) is 12.1 Å². The van der Waals surface area contributed by atoms with Gasteiger partial charge in [0.05, 0.1) is 0 Å². The lowest BCUT2D eigenvalue weighted by atomic mass is 9.99. The van der Waals surface area contributed by atoms with Gasteiger partial charge in [0.1, 0.15) is 46.5 Å². The average Bonchev–Trinajstić information content (AvgIpc) is 2.76. The van der Waals surface area contributed by atoms with E-state index >= 15 is 0 Å². The number of aliphatic hydroxyl groups excluding tert-OH is 4. The van der Waals surface area contributed by atoms with Crippen molar-refractivity contribution in [2.75, 3.05) is 0 Å². The standard InChI is InChI=1S/C21H18O12/c22-9-2-1-7(3-10(9)23)13-6-12(25)15-11(24)4-8(5-14(15)32-13)31-21(30)19-17(27)16(26)18(28)20(29)33-19/h1-6,16-20,22-24,26-29H/t16-,17-,18+,19-,20+/m0/s1. The first-order chi connectivity index (χ1) is 15.6. The minimum absolute atomic E-state index is 0.0306. The van der Waals surface area contributed by atoms with Crippen molar-refractivity contribution < 1.29 is 54.4 Å². The maximum Gasteiger partial charge on any atom is 0.343 e. The van der Waals surface area contributed by atoms with Crippen LogP contribution in [0, 0.1) is 0 Å². The van der Waals surface area contributed by atoms with E-state index in [4.69, 9.17) is 13.9 Å². The maximum atomic E-state index is 12.5. The molecule has 12 nitrogen and oxygen atoms in total. The number of rotatable bonds is 3. The van der Waals surface area contributed by atoms with E-state index in [0.717, 1.165) is 24.3 Å². The van der Waals surface area contributed by atoms with Gasteiger partial charge in [-0.05, 0) is 18.2 Å². The summed E-state index contributed by atoms with van der Waals surface area (Å²) in [5, 5.41) is 67.9. The molecule has 2 heterocycles. The highest BCUT2D eigenvalue weighted by molar-refractivity contribution is 5.87. The number of aliphatic hydroxyl groups is 4. The fourth-order valence-electron chi connectivity index (χ4n) is 3.35. The number of hydrogen-bond donors (Lipinski definition) is 7. The SMILES string of the molecule is O=C(Oc1cc(O)c2c(=O)cc(-c3ccc(O)c(O)c3)oc2c1)[C@H]1O[C@@H](O)[C@H](O)[C@@H](O)[C@@H]1O. The van der Waals surface area contributed by atoms with Crippen molar-refractivity contribution in [1.29, 1.82) is 0 Å². The van der Waals surface area contributed by atoms with Gasteiger partial charge in [-0.3, -0.25) is 4.79 Å². The summed E-state index contributed by atoms with van der Waals surface area (Å²) < 4.78 is 15.4. The van der Waals surface area contributed by atoms with Gasteiger partial charge in [0.2, 0.25) is 0 Å². The van der Waals surface area contributed by atoms with Crippen LogP contribution in [0.1, 0.15) is 0 Å². The van der Waals surface area contributed by atoms with E-state index in [0.29, 0.717) is 0 Å². The summed E-state index contributed by atoms with van der Waals surface area (Å²) in [7, 11) is 0. The molecule has 12 heteroatoms. The molecule has 0 unspecified atom stereocenters.